The van der Waals surface area contributed by atoms with Gasteiger partial charge in [-0.05, 0) is 52.5 Å². The Morgan fingerprint density at radius 2 is 2.00 bits per heavy atom. The Morgan fingerprint density at radius 1 is 1.22 bits per heavy atom. The van der Waals surface area contributed by atoms with Gasteiger partial charge < -0.3 is 9.84 Å². The van der Waals surface area contributed by atoms with Crippen LogP contribution in [0.2, 0.25) is 0 Å². The molecule has 1 aliphatic carbocycles. The molecule has 0 saturated heterocycles. The van der Waals surface area contributed by atoms with Crippen molar-refractivity contribution in [2.24, 2.45) is 0 Å². The van der Waals surface area contributed by atoms with Crippen LogP contribution in [0.4, 0.5) is 0 Å². The quantitative estimate of drug-likeness (QED) is 0.545. The largest absolute Gasteiger partial charge is 0.503 e. The van der Waals surface area contributed by atoms with Crippen LogP contribution in [-0.2, 0) is 6.42 Å². The van der Waals surface area contributed by atoms with Crippen molar-refractivity contribution in [1.82, 2.24) is 4.98 Å². The van der Waals surface area contributed by atoms with Crippen molar-refractivity contribution in [3.63, 3.8) is 0 Å². The highest BCUT2D eigenvalue weighted by Gasteiger charge is 2.26. The molecular formula is C21H16BrNO3S. The number of ether oxygens (including phenoxy) is 1. The van der Waals surface area contributed by atoms with Crippen LogP contribution in [0.25, 0.3) is 16.6 Å². The molecule has 0 unspecified atom stereocenters. The third kappa shape index (κ3) is 3.42. The van der Waals surface area contributed by atoms with Crippen LogP contribution in [0, 0.1) is 0 Å². The number of ketones is 1. The molecule has 1 N–H and O–H groups in total. The average molecular weight is 442 g/mol. The first kappa shape index (κ1) is 17.9. The van der Waals surface area contributed by atoms with Crippen molar-refractivity contribution in [2.45, 2.75) is 12.8 Å². The van der Waals surface area contributed by atoms with Crippen molar-refractivity contribution in [3.05, 3.63) is 68.6 Å². The monoisotopic (exact) mass is 441 g/mol. The summed E-state index contributed by atoms with van der Waals surface area (Å²) in [4.78, 5) is 18.4. The maximum Gasteiger partial charge on any atom is 0.200 e. The van der Waals surface area contributed by atoms with Gasteiger partial charge in [0.15, 0.2) is 11.5 Å². The Bertz CT molecular complexity index is 1060. The highest BCUT2D eigenvalue weighted by atomic mass is 79.9. The number of benzene rings is 2. The van der Waals surface area contributed by atoms with Crippen LogP contribution in [0.1, 0.15) is 27.3 Å². The first-order valence-electron chi connectivity index (χ1n) is 8.43. The zero-order valence-corrected chi connectivity index (χ0v) is 16.9. The number of aromatic nitrogens is 1. The molecule has 0 radical (unpaired) electrons. The SMILES string of the molecule is COc1cc(C=C2CCc3nc(-c4ccccc4)sc3C2=O)cc(Br)c1O. The van der Waals surface area contributed by atoms with E-state index >= 15 is 0 Å². The number of nitrogens with zero attached hydrogens (tertiary/aromatic N) is 1. The van der Waals surface area contributed by atoms with Crippen LogP contribution in [0.5, 0.6) is 11.5 Å². The second-order valence-electron chi connectivity index (χ2n) is 6.21. The highest BCUT2D eigenvalue weighted by molar-refractivity contribution is 9.10. The Balaban J connectivity index is 1.69. The van der Waals surface area contributed by atoms with Crippen molar-refractivity contribution in [3.8, 4) is 22.1 Å². The molecule has 1 heterocycles. The number of phenols is 1. The summed E-state index contributed by atoms with van der Waals surface area (Å²) in [5.41, 5.74) is 3.45. The van der Waals surface area contributed by atoms with Crippen LogP contribution in [0.15, 0.2) is 52.5 Å². The zero-order chi connectivity index (χ0) is 19.0. The summed E-state index contributed by atoms with van der Waals surface area (Å²) in [7, 11) is 1.50. The minimum atomic E-state index is 0.0269. The number of carbonyl (C=O) groups is 1. The van der Waals surface area contributed by atoms with E-state index in [0.717, 1.165) is 38.7 Å². The molecule has 4 nitrogen and oxygen atoms in total. The molecule has 1 aromatic heterocycles. The summed E-state index contributed by atoms with van der Waals surface area (Å²) in [6, 6.07) is 13.4. The number of Topliss-reactive ketones (excluding diaryl/α,β-unsaturated/α-hetero) is 1. The molecule has 4 rings (SSSR count). The van der Waals surface area contributed by atoms with Gasteiger partial charge in [-0.1, -0.05) is 30.3 Å². The van der Waals surface area contributed by atoms with Gasteiger partial charge in [0.05, 0.1) is 22.2 Å². The molecule has 2 aromatic carbocycles. The normalized spacial score (nSPS) is 15.0. The minimum Gasteiger partial charge on any atom is -0.503 e. The van der Waals surface area contributed by atoms with E-state index in [4.69, 9.17) is 4.74 Å². The van der Waals surface area contributed by atoms with Gasteiger partial charge in [-0.2, -0.15) is 0 Å². The summed E-state index contributed by atoms with van der Waals surface area (Å²) in [5, 5.41) is 10.8. The lowest BCUT2D eigenvalue weighted by Gasteiger charge is -2.13. The Labute approximate surface area is 169 Å². The summed E-state index contributed by atoms with van der Waals surface area (Å²) in [5.74, 6) is 0.440. The Hall–Kier alpha value is -2.44. The summed E-state index contributed by atoms with van der Waals surface area (Å²) < 4.78 is 5.72. The molecule has 1 aliphatic rings. The number of fused-ring (bicyclic) bond motifs is 1. The van der Waals surface area contributed by atoms with E-state index in [1.807, 2.05) is 36.4 Å². The van der Waals surface area contributed by atoms with E-state index < -0.39 is 0 Å². The molecule has 0 amide bonds. The van der Waals surface area contributed by atoms with Gasteiger partial charge in [-0.15, -0.1) is 11.3 Å². The highest BCUT2D eigenvalue weighted by Crippen LogP contribution is 2.38. The summed E-state index contributed by atoms with van der Waals surface area (Å²) >= 11 is 4.77. The van der Waals surface area contributed by atoms with Crippen LogP contribution in [-0.4, -0.2) is 23.0 Å². The maximum atomic E-state index is 13.0. The predicted octanol–water partition coefficient (Wildman–Crippen LogP) is 5.50. The summed E-state index contributed by atoms with van der Waals surface area (Å²) in [6.45, 7) is 0. The number of aromatic hydroxyl groups is 1. The third-order valence-electron chi connectivity index (χ3n) is 4.46. The van der Waals surface area contributed by atoms with E-state index in [-0.39, 0.29) is 11.5 Å². The second-order valence-corrected chi connectivity index (χ2v) is 8.07. The number of methoxy groups -OCH3 is 1. The number of hydrogen-bond donors (Lipinski definition) is 1. The smallest absolute Gasteiger partial charge is 0.200 e. The van der Waals surface area contributed by atoms with Gasteiger partial charge in [0, 0.05) is 11.1 Å². The number of aryl methyl sites for hydroxylation is 1. The van der Waals surface area contributed by atoms with E-state index in [1.54, 1.807) is 12.1 Å². The number of halogens is 1. The number of carbonyl (C=O) groups excluding carboxylic acids is 1. The van der Waals surface area contributed by atoms with Gasteiger partial charge in [0.2, 0.25) is 5.78 Å². The standard InChI is InChI=1S/C21H16BrNO3S/c1-26-17-11-12(10-15(22)19(17)25)9-14-7-8-16-20(18(14)24)27-21(23-16)13-5-3-2-4-6-13/h2-6,9-11,25H,7-8H2,1H3. The van der Waals surface area contributed by atoms with E-state index in [2.05, 4.69) is 20.9 Å². The van der Waals surface area contributed by atoms with Crippen LogP contribution < -0.4 is 4.74 Å². The molecule has 136 valence electrons. The number of thiazole rings is 1. The number of allylic oxidation sites excluding steroid dienone is 1. The van der Waals surface area contributed by atoms with Crippen molar-refractivity contribution < 1.29 is 14.6 Å². The first-order valence-corrected chi connectivity index (χ1v) is 10.0. The maximum absolute atomic E-state index is 13.0. The molecule has 0 bridgehead atoms. The molecule has 6 heteroatoms. The second kappa shape index (κ2) is 7.29. The lowest BCUT2D eigenvalue weighted by Crippen LogP contribution is -2.12. The molecule has 0 atom stereocenters. The Kier molecular flexibility index (Phi) is 4.85. The van der Waals surface area contributed by atoms with Gasteiger partial charge >= 0.3 is 0 Å². The molecule has 0 saturated carbocycles. The fourth-order valence-corrected chi connectivity index (χ4v) is 4.64. The van der Waals surface area contributed by atoms with Crippen molar-refractivity contribution in [1.29, 1.82) is 0 Å². The summed E-state index contributed by atoms with van der Waals surface area (Å²) in [6.07, 6.45) is 3.25. The lowest BCUT2D eigenvalue weighted by atomic mass is 9.94. The first-order chi connectivity index (χ1) is 13.1. The number of rotatable bonds is 3. The third-order valence-corrected chi connectivity index (χ3v) is 6.21. The molecular weight excluding hydrogens is 426 g/mol. The zero-order valence-electron chi connectivity index (χ0n) is 14.5. The average Bonchev–Trinajstić information content (AvgIpc) is 3.12. The number of hydrogen-bond acceptors (Lipinski definition) is 5. The van der Waals surface area contributed by atoms with Gasteiger partial charge in [-0.25, -0.2) is 4.98 Å². The van der Waals surface area contributed by atoms with Gasteiger partial charge in [0.25, 0.3) is 0 Å². The fourth-order valence-electron chi connectivity index (χ4n) is 3.09. The Morgan fingerprint density at radius 3 is 2.74 bits per heavy atom. The van der Waals surface area contributed by atoms with E-state index in [9.17, 15) is 9.90 Å². The molecule has 0 spiro atoms. The lowest BCUT2D eigenvalue weighted by molar-refractivity contribution is 0.103. The van der Waals surface area contributed by atoms with Crippen LogP contribution >= 0.6 is 27.3 Å². The van der Waals surface area contributed by atoms with Crippen LogP contribution in [0.3, 0.4) is 0 Å². The van der Waals surface area contributed by atoms with Crippen molar-refractivity contribution in [2.75, 3.05) is 7.11 Å². The number of phenolic OH excluding ortho intramolecular Hbond substituents is 1. The molecule has 0 fully saturated rings. The van der Waals surface area contributed by atoms with Gasteiger partial charge in [0.1, 0.15) is 5.01 Å². The minimum absolute atomic E-state index is 0.0269. The van der Waals surface area contributed by atoms with E-state index in [0.29, 0.717) is 16.6 Å². The molecule has 3 aromatic rings. The topological polar surface area (TPSA) is 59.4 Å². The predicted molar refractivity (Wildman–Crippen MR) is 111 cm³/mol. The van der Waals surface area contributed by atoms with E-state index in [1.165, 1.54) is 18.4 Å². The van der Waals surface area contributed by atoms with Gasteiger partial charge in [-0.3, -0.25) is 4.79 Å². The molecule has 27 heavy (non-hydrogen) atoms. The fraction of sp³-hybridized carbons (Fsp3) is 0.143. The van der Waals surface area contributed by atoms with Crippen molar-refractivity contribution >= 4 is 39.1 Å². The molecule has 0 aliphatic heterocycles.